The average molecular weight is 522 g/mol. The number of carbonyl (C=O) groups is 3. The summed E-state index contributed by atoms with van der Waals surface area (Å²) >= 11 is 0. The molecule has 196 valence electrons. The zero-order valence-corrected chi connectivity index (χ0v) is 19.6. The molecule has 1 fully saturated rings. The van der Waals surface area contributed by atoms with Gasteiger partial charge in [-0.1, -0.05) is 13.0 Å². The van der Waals surface area contributed by atoms with Crippen molar-refractivity contribution in [3.63, 3.8) is 0 Å². The summed E-state index contributed by atoms with van der Waals surface area (Å²) in [7, 11) is 0. The number of pyridine rings is 1. The van der Waals surface area contributed by atoms with E-state index in [2.05, 4.69) is 20.1 Å². The Morgan fingerprint density at radius 3 is 2.62 bits per heavy atom. The van der Waals surface area contributed by atoms with E-state index in [1.165, 1.54) is 28.0 Å². The highest BCUT2D eigenvalue weighted by Gasteiger charge is 2.43. The molecule has 3 atom stereocenters. The zero-order chi connectivity index (χ0) is 27.1. The van der Waals surface area contributed by atoms with Crippen molar-refractivity contribution in [2.75, 3.05) is 5.32 Å². The number of nitrogens with two attached hydrogens (primary N) is 1. The van der Waals surface area contributed by atoms with Gasteiger partial charge in [0.2, 0.25) is 11.8 Å². The van der Waals surface area contributed by atoms with E-state index < -0.39 is 53.4 Å². The highest BCUT2D eigenvalue weighted by Crippen LogP contribution is 2.33. The number of nitrogens with zero attached hydrogens (tertiary/aromatic N) is 4. The third-order valence-electron chi connectivity index (χ3n) is 6.30. The van der Waals surface area contributed by atoms with Crippen LogP contribution >= 0.6 is 0 Å². The molecule has 3 N–H and O–H groups in total. The topological polar surface area (TPSA) is 132 Å². The summed E-state index contributed by atoms with van der Waals surface area (Å²) in [5.41, 5.74) is 5.21. The largest absolute Gasteiger partial charge is 0.573 e. The van der Waals surface area contributed by atoms with Gasteiger partial charge in [0.25, 0.3) is 5.91 Å². The van der Waals surface area contributed by atoms with Crippen LogP contribution in [0, 0.1) is 11.7 Å². The van der Waals surface area contributed by atoms with Crippen LogP contribution in [0.4, 0.5) is 23.2 Å². The molecule has 10 nitrogen and oxygen atoms in total. The van der Waals surface area contributed by atoms with E-state index in [1.54, 1.807) is 6.92 Å². The number of likely N-dealkylation sites (tertiary alicyclic amines) is 1. The van der Waals surface area contributed by atoms with Gasteiger partial charge < -0.3 is 20.7 Å². The Hall–Kier alpha value is -4.23. The fourth-order valence-corrected chi connectivity index (χ4v) is 4.41. The summed E-state index contributed by atoms with van der Waals surface area (Å²) < 4.78 is 57.2. The predicted molar refractivity (Wildman–Crippen MR) is 122 cm³/mol. The van der Waals surface area contributed by atoms with Crippen LogP contribution in [0.15, 0.2) is 36.7 Å². The molecule has 0 aliphatic carbocycles. The number of hydrogen-bond donors (Lipinski definition) is 2. The Kier molecular flexibility index (Phi) is 6.76. The molecule has 0 unspecified atom stereocenters. The summed E-state index contributed by atoms with van der Waals surface area (Å²) in [4.78, 5) is 43.6. The van der Waals surface area contributed by atoms with E-state index in [9.17, 15) is 31.9 Å². The summed E-state index contributed by atoms with van der Waals surface area (Å²) in [5.74, 6) is -4.72. The van der Waals surface area contributed by atoms with Crippen LogP contribution in [0.3, 0.4) is 0 Å². The van der Waals surface area contributed by atoms with E-state index in [0.29, 0.717) is 10.9 Å². The van der Waals surface area contributed by atoms with Crippen molar-refractivity contribution in [1.29, 1.82) is 0 Å². The molecule has 1 saturated heterocycles. The van der Waals surface area contributed by atoms with E-state index in [1.807, 2.05) is 6.92 Å². The highest BCUT2D eigenvalue weighted by atomic mass is 19.4. The highest BCUT2D eigenvalue weighted by molar-refractivity contribution is 6.04. The number of anilines is 1. The van der Waals surface area contributed by atoms with Gasteiger partial charge in [0, 0.05) is 17.6 Å². The predicted octanol–water partition coefficient (Wildman–Crippen LogP) is 2.83. The SMILES string of the molecule is C[C@@H]1[C@@H](C)C[C@@H](C(=O)Nc2cccc(OC(F)(F)F)c2F)N1C(=O)Cn1nc(C(N)=O)c2ccncc21. The number of aromatic nitrogens is 3. The number of amides is 3. The Morgan fingerprint density at radius 2 is 1.95 bits per heavy atom. The van der Waals surface area contributed by atoms with Crippen LogP contribution < -0.4 is 15.8 Å². The lowest BCUT2D eigenvalue weighted by Gasteiger charge is -2.28. The van der Waals surface area contributed by atoms with Crippen LogP contribution in [0.25, 0.3) is 10.9 Å². The molecule has 4 rings (SSSR count). The number of nitrogens with one attached hydrogen (secondary N) is 1. The quantitative estimate of drug-likeness (QED) is 0.479. The Morgan fingerprint density at radius 1 is 1.22 bits per heavy atom. The van der Waals surface area contributed by atoms with Gasteiger partial charge in [-0.05, 0) is 37.5 Å². The number of alkyl halides is 3. The first kappa shape index (κ1) is 25.9. The van der Waals surface area contributed by atoms with Crippen molar-refractivity contribution in [3.05, 3.63) is 48.2 Å². The molecule has 0 saturated carbocycles. The van der Waals surface area contributed by atoms with Gasteiger partial charge in [-0.15, -0.1) is 13.2 Å². The maximum absolute atomic E-state index is 14.6. The van der Waals surface area contributed by atoms with Crippen LogP contribution in [0.5, 0.6) is 5.75 Å². The molecule has 37 heavy (non-hydrogen) atoms. The van der Waals surface area contributed by atoms with Gasteiger partial charge >= 0.3 is 6.36 Å². The second-order valence-electron chi connectivity index (χ2n) is 8.69. The van der Waals surface area contributed by atoms with Crippen molar-refractivity contribution >= 4 is 34.3 Å². The molecule has 0 spiro atoms. The monoisotopic (exact) mass is 522 g/mol. The van der Waals surface area contributed by atoms with Crippen LogP contribution in [0.1, 0.15) is 30.8 Å². The molecule has 0 bridgehead atoms. The first-order chi connectivity index (χ1) is 17.4. The number of hydrogen-bond acceptors (Lipinski definition) is 6. The van der Waals surface area contributed by atoms with Crippen LogP contribution in [0.2, 0.25) is 0 Å². The van der Waals surface area contributed by atoms with Gasteiger partial charge in [-0.25, -0.2) is 4.39 Å². The van der Waals surface area contributed by atoms with E-state index in [4.69, 9.17) is 5.73 Å². The van der Waals surface area contributed by atoms with Gasteiger partial charge in [0.05, 0.1) is 17.4 Å². The van der Waals surface area contributed by atoms with Crippen molar-refractivity contribution < 1.29 is 36.7 Å². The van der Waals surface area contributed by atoms with E-state index in [0.717, 1.165) is 18.2 Å². The van der Waals surface area contributed by atoms with Crippen molar-refractivity contribution in [2.45, 2.75) is 45.3 Å². The molecular weight excluding hydrogens is 500 g/mol. The lowest BCUT2D eigenvalue weighted by atomic mass is 10.0. The normalized spacial score (nSPS) is 19.7. The lowest BCUT2D eigenvalue weighted by Crippen LogP contribution is -2.47. The van der Waals surface area contributed by atoms with Gasteiger partial charge in [0.1, 0.15) is 12.6 Å². The Bertz CT molecular complexity index is 1380. The molecule has 0 radical (unpaired) electrons. The first-order valence-electron chi connectivity index (χ1n) is 11.1. The zero-order valence-electron chi connectivity index (χ0n) is 19.6. The molecule has 2 aromatic heterocycles. The summed E-state index contributed by atoms with van der Waals surface area (Å²) in [6, 6.07) is 3.04. The molecule has 1 aliphatic rings. The smallest absolute Gasteiger partial charge is 0.403 e. The molecule has 3 amide bonds. The number of fused-ring (bicyclic) bond motifs is 1. The maximum Gasteiger partial charge on any atom is 0.573 e. The standard InChI is InChI=1S/C23H22F4N6O4/c1-11-8-15(22(36)30-14-4-3-5-17(19(14)24)37-23(25,26)27)33(12(11)2)18(34)10-32-16-9-29-7-6-13(16)20(31-32)21(28)35/h3-7,9,11-12,15H,8,10H2,1-2H3,(H2,28,35)(H,30,36)/t11-,12+,15-/m0/s1. The molecule has 3 aromatic rings. The number of ether oxygens (including phenoxy) is 1. The fourth-order valence-electron chi connectivity index (χ4n) is 4.41. The minimum atomic E-state index is -5.12. The first-order valence-corrected chi connectivity index (χ1v) is 11.1. The summed E-state index contributed by atoms with van der Waals surface area (Å²) in [6.45, 7) is 3.22. The van der Waals surface area contributed by atoms with Gasteiger partial charge in [0.15, 0.2) is 17.3 Å². The number of carbonyl (C=O) groups excluding carboxylic acids is 3. The second kappa shape index (κ2) is 9.67. The number of rotatable bonds is 6. The third-order valence-corrected chi connectivity index (χ3v) is 6.30. The maximum atomic E-state index is 14.6. The van der Waals surface area contributed by atoms with Gasteiger partial charge in [-0.3, -0.25) is 24.0 Å². The molecule has 3 heterocycles. The Balaban J connectivity index is 1.58. The summed E-state index contributed by atoms with van der Waals surface area (Å²) in [6.07, 6.45) is -2.03. The number of primary amides is 1. The third kappa shape index (κ3) is 5.17. The van der Waals surface area contributed by atoms with Crippen LogP contribution in [-0.4, -0.2) is 55.8 Å². The number of halogens is 4. The van der Waals surface area contributed by atoms with Crippen molar-refractivity contribution in [3.8, 4) is 5.75 Å². The molecule has 14 heteroatoms. The van der Waals surface area contributed by atoms with E-state index >= 15 is 0 Å². The van der Waals surface area contributed by atoms with Crippen LogP contribution in [-0.2, 0) is 16.1 Å². The van der Waals surface area contributed by atoms with Crippen molar-refractivity contribution in [2.24, 2.45) is 11.7 Å². The van der Waals surface area contributed by atoms with E-state index in [-0.39, 0.29) is 24.6 Å². The van der Waals surface area contributed by atoms with Gasteiger partial charge in [-0.2, -0.15) is 5.10 Å². The van der Waals surface area contributed by atoms with Crippen molar-refractivity contribution in [1.82, 2.24) is 19.7 Å². The Labute approximate surface area is 207 Å². The fraction of sp³-hybridized carbons (Fsp3) is 0.348. The molecule has 1 aliphatic heterocycles. The summed E-state index contributed by atoms with van der Waals surface area (Å²) in [5, 5.41) is 6.81. The second-order valence-corrected chi connectivity index (χ2v) is 8.69. The lowest BCUT2D eigenvalue weighted by molar-refractivity contribution is -0.275. The average Bonchev–Trinajstić information content (AvgIpc) is 3.33. The minimum Gasteiger partial charge on any atom is -0.403 e. The molecule has 1 aromatic carbocycles. The number of benzene rings is 1. The minimum absolute atomic E-state index is 0.0428. The molecular formula is C23H22F4N6O4.